The summed E-state index contributed by atoms with van der Waals surface area (Å²) in [6.07, 6.45) is -4.46. The number of nitrogen functional groups attached to an aromatic ring is 1. The van der Waals surface area contributed by atoms with Crippen molar-refractivity contribution in [1.82, 2.24) is 4.98 Å². The van der Waals surface area contributed by atoms with Crippen molar-refractivity contribution >= 4 is 27.2 Å². The van der Waals surface area contributed by atoms with Crippen LogP contribution < -0.4 is 5.73 Å². The van der Waals surface area contributed by atoms with Crippen LogP contribution in [0.4, 0.5) is 18.3 Å². The molecule has 0 amide bonds. The van der Waals surface area contributed by atoms with Gasteiger partial charge in [-0.1, -0.05) is 53.8 Å². The van der Waals surface area contributed by atoms with Crippen molar-refractivity contribution in [1.29, 1.82) is 0 Å². The molecule has 0 atom stereocenters. The Hall–Kier alpha value is -2.08. The quantitative estimate of drug-likeness (QED) is 0.714. The van der Waals surface area contributed by atoms with Gasteiger partial charge in [-0.3, -0.25) is 0 Å². The van der Waals surface area contributed by atoms with Gasteiger partial charge in [-0.2, -0.15) is 13.2 Å². The largest absolute Gasteiger partial charge is 0.427 e. The van der Waals surface area contributed by atoms with Crippen LogP contribution in [-0.4, -0.2) is 4.98 Å². The fraction of sp³-hybridized carbons (Fsp3) is 0.0714. The molecule has 0 saturated heterocycles. The van der Waals surface area contributed by atoms with Crippen molar-refractivity contribution in [3.8, 4) is 11.3 Å². The van der Waals surface area contributed by atoms with E-state index in [0.29, 0.717) is 16.9 Å². The van der Waals surface area contributed by atoms with Crippen LogP contribution >= 0.6 is 11.3 Å². The minimum atomic E-state index is -4.46. The van der Waals surface area contributed by atoms with Crippen molar-refractivity contribution in [2.45, 2.75) is 6.18 Å². The van der Waals surface area contributed by atoms with Crippen LogP contribution in [0.25, 0.3) is 22.0 Å². The third-order valence-electron chi connectivity index (χ3n) is 2.95. The molecule has 0 aliphatic rings. The summed E-state index contributed by atoms with van der Waals surface area (Å²) in [5.41, 5.74) is 5.81. The van der Waals surface area contributed by atoms with Crippen LogP contribution in [0.15, 0.2) is 42.5 Å². The second-order valence-electron chi connectivity index (χ2n) is 4.25. The summed E-state index contributed by atoms with van der Waals surface area (Å²) in [4.78, 5) is 3.12. The molecular weight excluding hydrogens is 285 g/mol. The highest BCUT2D eigenvalue weighted by Gasteiger charge is 2.37. The molecule has 0 radical (unpaired) electrons. The Bertz CT molecular complexity index is 772. The van der Waals surface area contributed by atoms with Gasteiger partial charge in [0.2, 0.25) is 0 Å². The lowest BCUT2D eigenvalue weighted by Gasteiger charge is -2.08. The molecule has 0 fully saturated rings. The van der Waals surface area contributed by atoms with Gasteiger partial charge in [-0.25, -0.2) is 4.98 Å². The Morgan fingerprint density at radius 3 is 2.45 bits per heavy atom. The number of benzene rings is 2. The number of anilines is 1. The van der Waals surface area contributed by atoms with Gasteiger partial charge in [0.1, 0.15) is 4.88 Å². The summed E-state index contributed by atoms with van der Waals surface area (Å²) in [6.45, 7) is 0. The van der Waals surface area contributed by atoms with Crippen LogP contribution in [0, 0.1) is 0 Å². The van der Waals surface area contributed by atoms with Gasteiger partial charge in [-0.05, 0) is 10.8 Å². The van der Waals surface area contributed by atoms with Gasteiger partial charge in [0.25, 0.3) is 0 Å². The van der Waals surface area contributed by atoms with Crippen molar-refractivity contribution in [3.63, 3.8) is 0 Å². The second kappa shape index (κ2) is 4.49. The van der Waals surface area contributed by atoms with E-state index < -0.39 is 11.1 Å². The lowest BCUT2D eigenvalue weighted by Crippen LogP contribution is -2.04. The smallest absolute Gasteiger partial charge is 0.375 e. The molecule has 2 N–H and O–H groups in total. The van der Waals surface area contributed by atoms with Gasteiger partial charge < -0.3 is 5.73 Å². The maximum absolute atomic E-state index is 13.1. The monoisotopic (exact) mass is 294 g/mol. The molecule has 3 aromatic rings. The molecule has 0 aliphatic heterocycles. The Morgan fingerprint density at radius 1 is 1.00 bits per heavy atom. The van der Waals surface area contributed by atoms with Crippen LogP contribution in [0.3, 0.4) is 0 Å². The van der Waals surface area contributed by atoms with E-state index in [4.69, 9.17) is 5.73 Å². The lowest BCUT2D eigenvalue weighted by atomic mass is 10.0. The van der Waals surface area contributed by atoms with Crippen LogP contribution in [0.2, 0.25) is 0 Å². The fourth-order valence-corrected chi connectivity index (χ4v) is 2.86. The minimum absolute atomic E-state index is 0.0831. The Morgan fingerprint density at radius 2 is 1.70 bits per heavy atom. The van der Waals surface area contributed by atoms with Gasteiger partial charge in [0, 0.05) is 5.56 Å². The van der Waals surface area contributed by atoms with Crippen LogP contribution in [-0.2, 0) is 6.18 Å². The molecule has 20 heavy (non-hydrogen) atoms. The number of halogens is 3. The minimum Gasteiger partial charge on any atom is -0.375 e. The average molecular weight is 294 g/mol. The highest BCUT2D eigenvalue weighted by Crippen LogP contribution is 2.43. The summed E-state index contributed by atoms with van der Waals surface area (Å²) in [7, 11) is 0. The number of hydrogen-bond donors (Lipinski definition) is 1. The number of thiazole rings is 1. The predicted molar refractivity (Wildman–Crippen MR) is 74.5 cm³/mol. The number of nitrogens with zero attached hydrogens (tertiary/aromatic N) is 1. The maximum Gasteiger partial charge on any atom is 0.427 e. The van der Waals surface area contributed by atoms with E-state index >= 15 is 0 Å². The first-order chi connectivity index (χ1) is 9.47. The summed E-state index contributed by atoms with van der Waals surface area (Å²) < 4.78 is 39.2. The molecular formula is C14H9F3N2S. The topological polar surface area (TPSA) is 38.9 Å². The number of hydrogen-bond acceptors (Lipinski definition) is 3. The molecule has 6 heteroatoms. The second-order valence-corrected chi connectivity index (χ2v) is 5.28. The molecule has 1 aromatic heterocycles. The zero-order valence-corrected chi connectivity index (χ0v) is 10.9. The van der Waals surface area contributed by atoms with E-state index in [-0.39, 0.29) is 10.8 Å². The van der Waals surface area contributed by atoms with Crippen molar-refractivity contribution < 1.29 is 13.2 Å². The predicted octanol–water partition coefficient (Wildman–Crippen LogP) is 4.56. The SMILES string of the molecule is Nc1nc(-c2cccc3ccccc23)c(C(F)(F)F)s1. The number of fused-ring (bicyclic) bond motifs is 1. The van der Waals surface area contributed by atoms with Crippen molar-refractivity contribution in [2.24, 2.45) is 0 Å². The zero-order valence-electron chi connectivity index (χ0n) is 10.1. The van der Waals surface area contributed by atoms with E-state index in [9.17, 15) is 13.2 Å². The number of rotatable bonds is 1. The lowest BCUT2D eigenvalue weighted by molar-refractivity contribution is -0.134. The molecule has 3 rings (SSSR count). The van der Waals surface area contributed by atoms with Gasteiger partial charge >= 0.3 is 6.18 Å². The van der Waals surface area contributed by atoms with Crippen LogP contribution in [0.1, 0.15) is 4.88 Å². The molecule has 1 heterocycles. The summed E-state index contributed by atoms with van der Waals surface area (Å²) in [6, 6.07) is 12.4. The highest BCUT2D eigenvalue weighted by molar-refractivity contribution is 7.16. The first-order valence-electron chi connectivity index (χ1n) is 5.78. The summed E-state index contributed by atoms with van der Waals surface area (Å²) in [5, 5.41) is 1.51. The van der Waals surface area contributed by atoms with Gasteiger partial charge in [0.15, 0.2) is 5.13 Å². The third-order valence-corrected chi connectivity index (χ3v) is 3.88. The molecule has 2 aromatic carbocycles. The van der Waals surface area contributed by atoms with Gasteiger partial charge in [0.05, 0.1) is 5.69 Å². The van der Waals surface area contributed by atoms with Crippen molar-refractivity contribution in [3.05, 3.63) is 47.3 Å². The normalized spacial score (nSPS) is 11.9. The standard InChI is InChI=1S/C14H9F3N2S/c15-14(16,17)12-11(19-13(18)20-12)10-7-3-5-8-4-1-2-6-9(8)10/h1-7H,(H2,18,19). The molecule has 0 unspecified atom stereocenters. The first-order valence-corrected chi connectivity index (χ1v) is 6.60. The Labute approximate surface area is 116 Å². The number of nitrogens with two attached hydrogens (primary N) is 1. The summed E-state index contributed by atoms with van der Waals surface area (Å²) >= 11 is 0.466. The molecule has 0 saturated carbocycles. The van der Waals surface area contributed by atoms with Crippen molar-refractivity contribution in [2.75, 3.05) is 5.73 Å². The first kappa shape index (κ1) is 12.9. The third kappa shape index (κ3) is 2.12. The highest BCUT2D eigenvalue weighted by atomic mass is 32.1. The van der Waals surface area contributed by atoms with E-state index in [0.717, 1.165) is 10.8 Å². The van der Waals surface area contributed by atoms with Crippen LogP contribution in [0.5, 0.6) is 0 Å². The van der Waals surface area contributed by atoms with E-state index in [1.807, 2.05) is 18.2 Å². The number of alkyl halides is 3. The molecule has 2 nitrogen and oxygen atoms in total. The number of aromatic nitrogens is 1. The maximum atomic E-state index is 13.1. The molecule has 0 aliphatic carbocycles. The molecule has 0 spiro atoms. The van der Waals surface area contributed by atoms with Gasteiger partial charge in [-0.15, -0.1) is 0 Å². The van der Waals surface area contributed by atoms with E-state index in [2.05, 4.69) is 4.98 Å². The fourth-order valence-electron chi connectivity index (χ4n) is 2.14. The Kier molecular flexibility index (Phi) is 2.90. The Balaban J connectivity index is 2.32. The average Bonchev–Trinajstić information content (AvgIpc) is 2.80. The van der Waals surface area contributed by atoms with E-state index in [1.54, 1.807) is 24.3 Å². The van der Waals surface area contributed by atoms with E-state index in [1.165, 1.54) is 0 Å². The molecule has 102 valence electrons. The zero-order chi connectivity index (χ0) is 14.3. The molecule has 0 bridgehead atoms. The summed E-state index contributed by atoms with van der Waals surface area (Å²) in [5.74, 6) is 0.